The molecule has 0 radical (unpaired) electrons. The number of aliphatic carboxylic acids is 1. The SMILES string of the molecule is C=C(Cn1[nH]c(=O)c2ccccc2c1=O)C(=O)O. The Balaban J connectivity index is 2.64. The molecule has 0 amide bonds. The quantitative estimate of drug-likeness (QED) is 0.763. The van der Waals surface area contributed by atoms with Crippen molar-refractivity contribution in [2.24, 2.45) is 0 Å². The first-order chi connectivity index (χ1) is 8.50. The number of carboxylic acids is 1. The minimum Gasteiger partial charge on any atom is -0.478 e. The van der Waals surface area contributed by atoms with Crippen LogP contribution in [0.25, 0.3) is 10.8 Å². The first kappa shape index (κ1) is 11.8. The number of nitrogens with zero attached hydrogens (tertiary/aromatic N) is 1. The topological polar surface area (TPSA) is 92.2 Å². The van der Waals surface area contributed by atoms with Crippen molar-refractivity contribution in [3.8, 4) is 0 Å². The van der Waals surface area contributed by atoms with Gasteiger partial charge in [-0.25, -0.2) is 9.48 Å². The smallest absolute Gasteiger partial charge is 0.332 e. The second-order valence-electron chi connectivity index (χ2n) is 3.79. The average Bonchev–Trinajstić information content (AvgIpc) is 2.35. The monoisotopic (exact) mass is 246 g/mol. The molecule has 6 nitrogen and oxygen atoms in total. The number of carboxylic acid groups (broad SMARTS) is 1. The van der Waals surface area contributed by atoms with E-state index in [2.05, 4.69) is 11.7 Å². The third kappa shape index (κ3) is 1.95. The summed E-state index contributed by atoms with van der Waals surface area (Å²) >= 11 is 0. The highest BCUT2D eigenvalue weighted by Crippen LogP contribution is 2.03. The molecule has 0 saturated carbocycles. The Hall–Kier alpha value is -2.63. The van der Waals surface area contributed by atoms with Crippen LogP contribution < -0.4 is 11.1 Å². The molecule has 2 aromatic rings. The predicted molar refractivity (Wildman–Crippen MR) is 65.6 cm³/mol. The van der Waals surface area contributed by atoms with Crippen molar-refractivity contribution in [3.05, 3.63) is 57.1 Å². The van der Waals surface area contributed by atoms with Gasteiger partial charge in [-0.2, -0.15) is 0 Å². The molecule has 1 aromatic heterocycles. The van der Waals surface area contributed by atoms with Crippen molar-refractivity contribution in [2.45, 2.75) is 6.54 Å². The molecule has 6 heteroatoms. The van der Waals surface area contributed by atoms with E-state index in [1.54, 1.807) is 12.1 Å². The highest BCUT2D eigenvalue weighted by molar-refractivity contribution is 5.85. The standard InChI is InChI=1S/C12H10N2O4/c1-7(12(17)18)6-14-11(16)9-5-3-2-4-8(9)10(15)13-14/h2-5H,1,6H2,(H,13,15)(H,17,18). The van der Waals surface area contributed by atoms with Crippen LogP contribution in [-0.4, -0.2) is 20.9 Å². The van der Waals surface area contributed by atoms with Gasteiger partial charge in [0.05, 0.1) is 22.9 Å². The van der Waals surface area contributed by atoms with E-state index in [-0.39, 0.29) is 22.9 Å². The van der Waals surface area contributed by atoms with Crippen LogP contribution in [-0.2, 0) is 11.3 Å². The zero-order chi connectivity index (χ0) is 13.3. The number of carbonyl (C=O) groups is 1. The Morgan fingerprint density at radius 1 is 1.28 bits per heavy atom. The maximum atomic E-state index is 12.0. The molecular formula is C12H10N2O4. The molecule has 1 aromatic carbocycles. The van der Waals surface area contributed by atoms with Crippen LogP contribution in [0.5, 0.6) is 0 Å². The second kappa shape index (κ2) is 4.33. The van der Waals surface area contributed by atoms with Gasteiger partial charge in [0.2, 0.25) is 0 Å². The van der Waals surface area contributed by atoms with Gasteiger partial charge < -0.3 is 5.11 Å². The molecule has 0 saturated heterocycles. The van der Waals surface area contributed by atoms with Crippen molar-refractivity contribution >= 4 is 16.7 Å². The highest BCUT2D eigenvalue weighted by atomic mass is 16.4. The Labute approximate surface area is 101 Å². The van der Waals surface area contributed by atoms with E-state index in [1.807, 2.05) is 0 Å². The fourth-order valence-corrected chi connectivity index (χ4v) is 1.62. The van der Waals surface area contributed by atoms with Crippen LogP contribution in [0, 0.1) is 0 Å². The molecule has 0 bridgehead atoms. The van der Waals surface area contributed by atoms with Crippen LogP contribution in [0.2, 0.25) is 0 Å². The lowest BCUT2D eigenvalue weighted by atomic mass is 10.2. The zero-order valence-corrected chi connectivity index (χ0v) is 9.34. The van der Waals surface area contributed by atoms with E-state index in [4.69, 9.17) is 5.11 Å². The number of aromatic nitrogens is 2. The number of fused-ring (bicyclic) bond motifs is 1. The van der Waals surface area contributed by atoms with E-state index in [0.717, 1.165) is 4.68 Å². The zero-order valence-electron chi connectivity index (χ0n) is 9.34. The lowest BCUT2D eigenvalue weighted by Crippen LogP contribution is -2.31. The fourth-order valence-electron chi connectivity index (χ4n) is 1.62. The van der Waals surface area contributed by atoms with Gasteiger partial charge in [0.25, 0.3) is 11.1 Å². The average molecular weight is 246 g/mol. The molecule has 92 valence electrons. The third-order valence-electron chi connectivity index (χ3n) is 2.54. The number of benzene rings is 1. The Morgan fingerprint density at radius 2 is 1.89 bits per heavy atom. The molecule has 0 unspecified atom stereocenters. The van der Waals surface area contributed by atoms with Gasteiger partial charge in [-0.05, 0) is 12.1 Å². The van der Waals surface area contributed by atoms with Gasteiger partial charge in [-0.3, -0.25) is 14.7 Å². The van der Waals surface area contributed by atoms with Gasteiger partial charge in [-0.15, -0.1) is 0 Å². The highest BCUT2D eigenvalue weighted by Gasteiger charge is 2.10. The molecule has 0 fully saturated rings. The Kier molecular flexibility index (Phi) is 2.85. The number of hydrogen-bond acceptors (Lipinski definition) is 3. The number of nitrogens with one attached hydrogen (secondary N) is 1. The van der Waals surface area contributed by atoms with Crippen molar-refractivity contribution in [2.75, 3.05) is 0 Å². The van der Waals surface area contributed by atoms with Crippen molar-refractivity contribution in [3.63, 3.8) is 0 Å². The summed E-state index contributed by atoms with van der Waals surface area (Å²) in [4.78, 5) is 34.4. The van der Waals surface area contributed by atoms with Gasteiger partial charge >= 0.3 is 5.97 Å². The maximum Gasteiger partial charge on any atom is 0.332 e. The summed E-state index contributed by atoms with van der Waals surface area (Å²) in [6, 6.07) is 6.34. The molecule has 0 aliphatic rings. The fraction of sp³-hybridized carbons (Fsp3) is 0.0833. The maximum absolute atomic E-state index is 12.0. The molecule has 2 N–H and O–H groups in total. The van der Waals surface area contributed by atoms with E-state index in [1.165, 1.54) is 12.1 Å². The molecule has 2 rings (SSSR count). The van der Waals surface area contributed by atoms with Crippen LogP contribution in [0.1, 0.15) is 0 Å². The molecule has 18 heavy (non-hydrogen) atoms. The van der Waals surface area contributed by atoms with Crippen LogP contribution in [0.4, 0.5) is 0 Å². The largest absolute Gasteiger partial charge is 0.478 e. The number of H-pyrrole nitrogens is 1. The van der Waals surface area contributed by atoms with E-state index in [9.17, 15) is 14.4 Å². The summed E-state index contributed by atoms with van der Waals surface area (Å²) in [5.41, 5.74) is -1.07. The lowest BCUT2D eigenvalue weighted by molar-refractivity contribution is -0.132. The van der Waals surface area contributed by atoms with Gasteiger partial charge in [0.1, 0.15) is 0 Å². The summed E-state index contributed by atoms with van der Waals surface area (Å²) in [6.07, 6.45) is 0. The summed E-state index contributed by atoms with van der Waals surface area (Å²) in [5, 5.41) is 11.6. The third-order valence-corrected chi connectivity index (χ3v) is 2.54. The number of aromatic amines is 1. The number of rotatable bonds is 3. The van der Waals surface area contributed by atoms with Crippen LogP contribution in [0.15, 0.2) is 46.0 Å². The Bertz CT molecular complexity index is 754. The molecule has 0 aliphatic heterocycles. The normalized spacial score (nSPS) is 10.4. The first-order valence-electron chi connectivity index (χ1n) is 5.13. The summed E-state index contributed by atoms with van der Waals surface area (Å²) in [7, 11) is 0. The van der Waals surface area contributed by atoms with Crippen LogP contribution >= 0.6 is 0 Å². The van der Waals surface area contributed by atoms with E-state index >= 15 is 0 Å². The minimum atomic E-state index is -1.21. The molecule has 0 aliphatic carbocycles. The molecule has 0 spiro atoms. The van der Waals surface area contributed by atoms with Gasteiger partial charge in [0.15, 0.2) is 0 Å². The predicted octanol–water partition coefficient (Wildman–Crippen LogP) is 0.331. The van der Waals surface area contributed by atoms with Crippen LogP contribution in [0.3, 0.4) is 0 Å². The van der Waals surface area contributed by atoms with E-state index in [0.29, 0.717) is 0 Å². The summed E-state index contributed by atoms with van der Waals surface area (Å²) < 4.78 is 0.946. The molecular weight excluding hydrogens is 236 g/mol. The summed E-state index contributed by atoms with van der Waals surface area (Å²) in [6.45, 7) is 3.06. The van der Waals surface area contributed by atoms with E-state index < -0.39 is 17.1 Å². The van der Waals surface area contributed by atoms with Crippen molar-refractivity contribution < 1.29 is 9.90 Å². The molecule has 1 heterocycles. The van der Waals surface area contributed by atoms with Crippen molar-refractivity contribution in [1.29, 1.82) is 0 Å². The first-order valence-corrected chi connectivity index (χ1v) is 5.13. The minimum absolute atomic E-state index is 0.178. The van der Waals surface area contributed by atoms with Crippen molar-refractivity contribution in [1.82, 2.24) is 9.78 Å². The Morgan fingerprint density at radius 3 is 2.50 bits per heavy atom. The second-order valence-corrected chi connectivity index (χ2v) is 3.79. The number of hydrogen-bond donors (Lipinski definition) is 2. The summed E-state index contributed by atoms with van der Waals surface area (Å²) in [5.74, 6) is -1.21. The molecule has 0 atom stereocenters. The lowest BCUT2D eigenvalue weighted by Gasteiger charge is -2.06. The van der Waals surface area contributed by atoms with Gasteiger partial charge in [0, 0.05) is 0 Å². The van der Waals surface area contributed by atoms with Gasteiger partial charge in [-0.1, -0.05) is 18.7 Å².